The fourth-order valence-electron chi connectivity index (χ4n) is 2.89. The van der Waals surface area contributed by atoms with Crippen LogP contribution < -0.4 is 10.1 Å². The maximum Gasteiger partial charge on any atom is 0.375 e. The van der Waals surface area contributed by atoms with Crippen LogP contribution in [0.4, 0.5) is 0 Å². The first-order chi connectivity index (χ1) is 13.6. The van der Waals surface area contributed by atoms with E-state index in [1.165, 1.54) is 0 Å². The minimum absolute atomic E-state index is 0.0585. The summed E-state index contributed by atoms with van der Waals surface area (Å²) in [6.07, 6.45) is 1.04. The zero-order chi connectivity index (χ0) is 19.5. The molecule has 1 N–H and O–H groups in total. The average molecular weight is 379 g/mol. The van der Waals surface area contributed by atoms with Crippen LogP contribution >= 0.6 is 0 Å². The lowest BCUT2D eigenvalue weighted by molar-refractivity contribution is -0.129. The molecule has 0 spiro atoms. The third kappa shape index (κ3) is 4.01. The van der Waals surface area contributed by atoms with Crippen molar-refractivity contribution in [3.8, 4) is 5.75 Å². The number of amides is 1. The summed E-state index contributed by atoms with van der Waals surface area (Å²) in [6.45, 7) is 1.70. The topological polar surface area (TPSA) is 77.8 Å². The van der Waals surface area contributed by atoms with Gasteiger partial charge in [-0.15, -0.1) is 0 Å². The lowest BCUT2D eigenvalue weighted by Gasteiger charge is -2.13. The first-order valence-electron chi connectivity index (χ1n) is 9.31. The molecule has 0 aliphatic heterocycles. The molecule has 6 heteroatoms. The van der Waals surface area contributed by atoms with E-state index in [9.17, 15) is 9.59 Å². The van der Waals surface area contributed by atoms with E-state index in [2.05, 4.69) is 5.32 Å². The van der Waals surface area contributed by atoms with Crippen molar-refractivity contribution < 1.29 is 23.5 Å². The van der Waals surface area contributed by atoms with Crippen LogP contribution in [0.1, 0.15) is 35.9 Å². The summed E-state index contributed by atoms with van der Waals surface area (Å²) in [5.41, 5.74) is 1.16. The minimum Gasteiger partial charge on any atom is -0.489 e. The van der Waals surface area contributed by atoms with Gasteiger partial charge < -0.3 is 19.2 Å². The second-order valence-electron chi connectivity index (χ2n) is 6.84. The summed E-state index contributed by atoms with van der Waals surface area (Å²) in [5.74, 6) is -0.233. The minimum atomic E-state index is -0.899. The van der Waals surface area contributed by atoms with Gasteiger partial charge in [-0.25, -0.2) is 4.79 Å². The van der Waals surface area contributed by atoms with Crippen LogP contribution in [-0.4, -0.2) is 24.0 Å². The maximum atomic E-state index is 12.7. The molecule has 2 aromatic carbocycles. The van der Waals surface area contributed by atoms with Gasteiger partial charge in [-0.2, -0.15) is 0 Å². The van der Waals surface area contributed by atoms with Crippen molar-refractivity contribution >= 4 is 22.8 Å². The highest BCUT2D eigenvalue weighted by Gasteiger charge is 2.29. The van der Waals surface area contributed by atoms with Crippen LogP contribution in [0, 0.1) is 0 Å². The lowest BCUT2D eigenvalue weighted by atomic mass is 10.1. The number of carbonyl (C=O) groups excluding carboxylic acids is 2. The molecule has 0 bridgehead atoms. The molecule has 1 aromatic heterocycles. The zero-order valence-corrected chi connectivity index (χ0v) is 15.5. The molecule has 1 aliphatic rings. The normalized spacial score (nSPS) is 14.5. The Morgan fingerprint density at radius 1 is 1.11 bits per heavy atom. The first kappa shape index (κ1) is 18.1. The fourth-order valence-corrected chi connectivity index (χ4v) is 2.89. The molecular weight excluding hydrogens is 358 g/mol. The zero-order valence-electron chi connectivity index (χ0n) is 15.5. The van der Waals surface area contributed by atoms with E-state index < -0.39 is 12.1 Å². The fraction of sp³-hybridized carbons (Fsp3) is 0.273. The molecule has 3 aromatic rings. The largest absolute Gasteiger partial charge is 0.489 e. The summed E-state index contributed by atoms with van der Waals surface area (Å²) in [5, 5.41) is 3.61. The van der Waals surface area contributed by atoms with E-state index in [0.29, 0.717) is 16.9 Å². The second-order valence-corrected chi connectivity index (χ2v) is 6.84. The van der Waals surface area contributed by atoms with E-state index in [0.717, 1.165) is 18.2 Å². The molecule has 0 radical (unpaired) electrons. The van der Waals surface area contributed by atoms with Gasteiger partial charge >= 0.3 is 5.97 Å². The lowest BCUT2D eigenvalue weighted by Crippen LogP contribution is -2.37. The smallest absolute Gasteiger partial charge is 0.375 e. The van der Waals surface area contributed by atoms with Crippen LogP contribution in [0.3, 0.4) is 0 Å². The number of nitrogens with one attached hydrogen (secondary N) is 1. The Morgan fingerprint density at radius 2 is 1.82 bits per heavy atom. The number of furan rings is 1. The number of carbonyl (C=O) groups is 2. The van der Waals surface area contributed by atoms with Crippen LogP contribution in [0.5, 0.6) is 5.75 Å². The highest BCUT2D eigenvalue weighted by atomic mass is 16.6. The Bertz CT molecular complexity index is 991. The summed E-state index contributed by atoms with van der Waals surface area (Å²) in [7, 11) is 0. The molecule has 1 saturated carbocycles. The van der Waals surface area contributed by atoms with E-state index in [4.69, 9.17) is 13.9 Å². The second kappa shape index (κ2) is 7.76. The van der Waals surface area contributed by atoms with Crippen molar-refractivity contribution in [2.75, 3.05) is 0 Å². The molecule has 1 atom stereocenters. The van der Waals surface area contributed by atoms with Gasteiger partial charge in [0.1, 0.15) is 17.9 Å². The van der Waals surface area contributed by atoms with Crippen molar-refractivity contribution in [2.45, 2.75) is 38.5 Å². The van der Waals surface area contributed by atoms with Crippen molar-refractivity contribution in [1.82, 2.24) is 5.32 Å². The summed E-state index contributed by atoms with van der Waals surface area (Å²) in [4.78, 5) is 24.8. The standard InChI is InChI=1S/C22H21NO5/c1-14(21(24)23-15-11-12-15)27-22(25)20-18(13-26-16-7-3-2-4-8-16)17-9-5-6-10-19(17)28-20/h2-10,14-15H,11-13H2,1H3,(H,23,24)/t14-/m0/s1. The Kier molecular flexibility index (Phi) is 5.02. The van der Waals surface area contributed by atoms with Crippen LogP contribution in [0.15, 0.2) is 59.0 Å². The van der Waals surface area contributed by atoms with Gasteiger partial charge in [0.25, 0.3) is 5.91 Å². The highest BCUT2D eigenvalue weighted by Crippen LogP contribution is 2.28. The average Bonchev–Trinajstić information content (AvgIpc) is 3.45. The third-order valence-electron chi connectivity index (χ3n) is 4.59. The molecule has 6 nitrogen and oxygen atoms in total. The van der Waals surface area contributed by atoms with E-state index in [1.807, 2.05) is 48.5 Å². The van der Waals surface area contributed by atoms with Gasteiger partial charge in [0.05, 0.1) is 5.56 Å². The highest BCUT2D eigenvalue weighted by molar-refractivity contribution is 5.97. The molecule has 4 rings (SSSR count). The molecule has 1 amide bonds. The van der Waals surface area contributed by atoms with E-state index >= 15 is 0 Å². The number of ether oxygens (including phenoxy) is 2. The van der Waals surface area contributed by atoms with Crippen molar-refractivity contribution in [2.24, 2.45) is 0 Å². The summed E-state index contributed by atoms with van der Waals surface area (Å²) in [6, 6.07) is 16.9. The van der Waals surface area contributed by atoms with E-state index in [-0.39, 0.29) is 24.3 Å². The predicted octanol–water partition coefficient (Wildman–Crippen LogP) is 3.84. The molecule has 0 saturated heterocycles. The van der Waals surface area contributed by atoms with Gasteiger partial charge in [0.2, 0.25) is 5.76 Å². The van der Waals surface area contributed by atoms with Gasteiger partial charge in [0, 0.05) is 11.4 Å². The maximum absolute atomic E-state index is 12.7. The number of hydrogen-bond acceptors (Lipinski definition) is 5. The van der Waals surface area contributed by atoms with Crippen molar-refractivity contribution in [3.05, 3.63) is 65.9 Å². The molecule has 28 heavy (non-hydrogen) atoms. The van der Waals surface area contributed by atoms with Gasteiger partial charge in [-0.1, -0.05) is 36.4 Å². The number of rotatable bonds is 7. The quantitative estimate of drug-likeness (QED) is 0.631. The summed E-state index contributed by atoms with van der Waals surface area (Å²) >= 11 is 0. The Hall–Kier alpha value is -3.28. The number of benzene rings is 2. The Balaban J connectivity index is 1.54. The van der Waals surface area contributed by atoms with Gasteiger partial charge in [0.15, 0.2) is 6.10 Å². The first-order valence-corrected chi connectivity index (χ1v) is 9.31. The van der Waals surface area contributed by atoms with Crippen molar-refractivity contribution in [1.29, 1.82) is 0 Å². The SMILES string of the molecule is C[C@H](OC(=O)c1oc2ccccc2c1COc1ccccc1)C(=O)NC1CC1. The predicted molar refractivity (Wildman–Crippen MR) is 103 cm³/mol. The monoisotopic (exact) mass is 379 g/mol. The summed E-state index contributed by atoms with van der Waals surface area (Å²) < 4.78 is 16.9. The van der Waals surface area contributed by atoms with Crippen LogP contribution in [0.25, 0.3) is 11.0 Å². The molecular formula is C22H21NO5. The van der Waals surface area contributed by atoms with E-state index in [1.54, 1.807) is 13.0 Å². The van der Waals surface area contributed by atoms with Gasteiger partial charge in [-0.3, -0.25) is 4.79 Å². The number of fused-ring (bicyclic) bond motifs is 1. The van der Waals surface area contributed by atoms with Crippen LogP contribution in [0.2, 0.25) is 0 Å². The number of para-hydroxylation sites is 2. The van der Waals surface area contributed by atoms with Crippen LogP contribution in [-0.2, 0) is 16.1 Å². The van der Waals surface area contributed by atoms with Crippen molar-refractivity contribution in [3.63, 3.8) is 0 Å². The Morgan fingerprint density at radius 3 is 2.57 bits per heavy atom. The Labute approximate surface area is 162 Å². The molecule has 0 unspecified atom stereocenters. The molecule has 1 heterocycles. The third-order valence-corrected chi connectivity index (χ3v) is 4.59. The van der Waals surface area contributed by atoms with Gasteiger partial charge in [-0.05, 0) is 38.0 Å². The number of hydrogen-bond donors (Lipinski definition) is 1. The molecule has 144 valence electrons. The number of esters is 1. The molecule has 1 fully saturated rings. The molecule has 1 aliphatic carbocycles.